The summed E-state index contributed by atoms with van der Waals surface area (Å²) in [4.78, 5) is 28.1. The van der Waals surface area contributed by atoms with Gasteiger partial charge in [-0.1, -0.05) is 72.8 Å². The Morgan fingerprint density at radius 3 is 2.50 bits per heavy atom. The van der Waals surface area contributed by atoms with Crippen LogP contribution in [0.3, 0.4) is 0 Å². The Morgan fingerprint density at radius 1 is 0.925 bits per heavy atom. The SMILES string of the molecule is O=C(C=Cc1cn(-c2ccccc2)nc1-c1ccc2ccccc2c1)N[C@H](Cc1c[nH]c2ccccc12)C(=O)O. The molecule has 0 fully saturated rings. The van der Waals surface area contributed by atoms with Crippen LogP contribution in [0, 0.1) is 0 Å². The van der Waals surface area contributed by atoms with Gasteiger partial charge in [0, 0.05) is 46.9 Å². The number of aromatic nitrogens is 3. The van der Waals surface area contributed by atoms with Crippen molar-refractivity contribution in [3.63, 3.8) is 0 Å². The summed E-state index contributed by atoms with van der Waals surface area (Å²) >= 11 is 0. The van der Waals surface area contributed by atoms with Crippen molar-refractivity contribution in [1.29, 1.82) is 0 Å². The summed E-state index contributed by atoms with van der Waals surface area (Å²) < 4.78 is 1.78. The number of para-hydroxylation sites is 2. The first-order valence-corrected chi connectivity index (χ1v) is 13.0. The minimum atomic E-state index is -1.10. The van der Waals surface area contributed by atoms with Gasteiger partial charge in [0.15, 0.2) is 0 Å². The van der Waals surface area contributed by atoms with Gasteiger partial charge >= 0.3 is 5.97 Å². The van der Waals surface area contributed by atoms with Crippen molar-refractivity contribution >= 4 is 39.6 Å². The van der Waals surface area contributed by atoms with Gasteiger partial charge in [-0.3, -0.25) is 4.79 Å². The molecule has 6 aromatic rings. The van der Waals surface area contributed by atoms with E-state index in [4.69, 9.17) is 5.10 Å². The molecule has 1 atom stereocenters. The highest BCUT2D eigenvalue weighted by Crippen LogP contribution is 2.28. The number of nitrogens with one attached hydrogen (secondary N) is 2. The highest BCUT2D eigenvalue weighted by molar-refractivity contribution is 5.96. The van der Waals surface area contributed by atoms with Crippen LogP contribution < -0.4 is 5.32 Å². The molecule has 2 heterocycles. The Hall–Kier alpha value is -5.43. The fourth-order valence-electron chi connectivity index (χ4n) is 4.89. The van der Waals surface area contributed by atoms with Crippen LogP contribution in [0.15, 0.2) is 116 Å². The number of carbonyl (C=O) groups excluding carboxylic acids is 1. The number of benzene rings is 4. The molecule has 0 spiro atoms. The van der Waals surface area contributed by atoms with E-state index in [1.807, 2.05) is 79.0 Å². The molecule has 1 amide bonds. The van der Waals surface area contributed by atoms with Gasteiger partial charge in [-0.2, -0.15) is 5.10 Å². The lowest BCUT2D eigenvalue weighted by Crippen LogP contribution is -2.41. The van der Waals surface area contributed by atoms with Crippen LogP contribution in [0.25, 0.3) is 44.7 Å². The highest BCUT2D eigenvalue weighted by Gasteiger charge is 2.21. The van der Waals surface area contributed by atoms with Crippen LogP contribution in [0.2, 0.25) is 0 Å². The summed E-state index contributed by atoms with van der Waals surface area (Å²) in [5.74, 6) is -1.59. The lowest BCUT2D eigenvalue weighted by molar-refractivity contribution is -0.141. The van der Waals surface area contributed by atoms with E-state index >= 15 is 0 Å². The summed E-state index contributed by atoms with van der Waals surface area (Å²) in [5, 5.41) is 20.5. The molecular weight excluding hydrogens is 500 g/mol. The molecule has 0 unspecified atom stereocenters. The van der Waals surface area contributed by atoms with E-state index in [-0.39, 0.29) is 6.42 Å². The number of carboxylic acids is 1. The van der Waals surface area contributed by atoms with Crippen molar-refractivity contribution in [2.75, 3.05) is 0 Å². The first-order chi connectivity index (χ1) is 19.5. The van der Waals surface area contributed by atoms with Crippen LogP contribution in [0.4, 0.5) is 0 Å². The van der Waals surface area contributed by atoms with E-state index in [2.05, 4.69) is 34.6 Å². The average molecular weight is 527 g/mol. The Balaban J connectivity index is 1.28. The number of nitrogens with zero attached hydrogens (tertiary/aromatic N) is 2. The van der Waals surface area contributed by atoms with Crippen molar-refractivity contribution in [3.8, 4) is 16.9 Å². The van der Waals surface area contributed by atoms with E-state index in [0.717, 1.165) is 44.1 Å². The molecule has 4 aromatic carbocycles. The molecule has 7 nitrogen and oxygen atoms in total. The van der Waals surface area contributed by atoms with E-state index in [1.165, 1.54) is 6.08 Å². The molecular formula is C33H26N4O3. The second-order valence-electron chi connectivity index (χ2n) is 9.57. The molecule has 0 bridgehead atoms. The second-order valence-corrected chi connectivity index (χ2v) is 9.57. The Bertz CT molecular complexity index is 1870. The molecule has 3 N–H and O–H groups in total. The first kappa shape index (κ1) is 24.9. The van der Waals surface area contributed by atoms with Gasteiger partial charge in [-0.15, -0.1) is 0 Å². The summed E-state index contributed by atoms with van der Waals surface area (Å²) in [5.41, 5.74) is 5.00. The maximum absolute atomic E-state index is 12.9. The predicted octanol–water partition coefficient (Wildman–Crippen LogP) is 6.00. The van der Waals surface area contributed by atoms with Gasteiger partial charge in [0.25, 0.3) is 0 Å². The molecule has 2 aromatic heterocycles. The van der Waals surface area contributed by atoms with E-state index in [0.29, 0.717) is 5.69 Å². The smallest absolute Gasteiger partial charge is 0.326 e. The standard InChI is InChI=1S/C33H26N4O3/c38-31(35-30(33(39)40)19-26-20-34-29-13-7-6-12-28(26)29)17-16-25-21-37(27-10-2-1-3-11-27)36-32(25)24-15-14-22-8-4-5-9-23(22)18-24/h1-18,20-21,30,34H,19H2,(H,35,38)(H,39,40)/t30-/m1/s1. The number of carbonyl (C=O) groups is 2. The highest BCUT2D eigenvalue weighted by atomic mass is 16.4. The first-order valence-electron chi connectivity index (χ1n) is 13.0. The minimum Gasteiger partial charge on any atom is -0.480 e. The Kier molecular flexibility index (Phi) is 6.68. The van der Waals surface area contributed by atoms with Crippen molar-refractivity contribution in [2.45, 2.75) is 12.5 Å². The molecule has 196 valence electrons. The Morgan fingerprint density at radius 2 is 1.68 bits per heavy atom. The van der Waals surface area contributed by atoms with Gasteiger partial charge in [0.1, 0.15) is 6.04 Å². The fourth-order valence-corrected chi connectivity index (χ4v) is 4.89. The van der Waals surface area contributed by atoms with Gasteiger partial charge in [0.05, 0.1) is 11.4 Å². The number of hydrogen-bond acceptors (Lipinski definition) is 3. The number of amides is 1. The van der Waals surface area contributed by atoms with E-state index in [9.17, 15) is 14.7 Å². The van der Waals surface area contributed by atoms with Crippen LogP contribution >= 0.6 is 0 Å². The third-order valence-corrected chi connectivity index (χ3v) is 6.91. The number of H-pyrrole nitrogens is 1. The summed E-state index contributed by atoms with van der Waals surface area (Å²) in [7, 11) is 0. The number of aromatic amines is 1. The van der Waals surface area contributed by atoms with Gasteiger partial charge in [-0.05, 0) is 46.7 Å². The zero-order chi connectivity index (χ0) is 27.5. The normalized spacial score (nSPS) is 12.2. The molecule has 6 rings (SSSR count). The summed E-state index contributed by atoms with van der Waals surface area (Å²) in [6.07, 6.45) is 6.85. The van der Waals surface area contributed by atoms with Crippen LogP contribution in [-0.4, -0.2) is 37.8 Å². The van der Waals surface area contributed by atoms with Crippen molar-refractivity contribution in [3.05, 3.63) is 127 Å². The molecule has 0 aliphatic carbocycles. The van der Waals surface area contributed by atoms with Gasteiger partial charge in [-0.25, -0.2) is 9.48 Å². The van der Waals surface area contributed by atoms with Crippen molar-refractivity contribution in [1.82, 2.24) is 20.1 Å². The van der Waals surface area contributed by atoms with Crippen molar-refractivity contribution in [2.24, 2.45) is 0 Å². The van der Waals surface area contributed by atoms with Crippen LogP contribution in [0.5, 0.6) is 0 Å². The number of rotatable bonds is 8. The Labute approximate surface area is 230 Å². The zero-order valence-electron chi connectivity index (χ0n) is 21.5. The largest absolute Gasteiger partial charge is 0.480 e. The van der Waals surface area contributed by atoms with Crippen molar-refractivity contribution < 1.29 is 14.7 Å². The molecule has 0 radical (unpaired) electrons. The lowest BCUT2D eigenvalue weighted by atomic mass is 10.0. The third-order valence-electron chi connectivity index (χ3n) is 6.91. The quantitative estimate of drug-likeness (QED) is 0.212. The van der Waals surface area contributed by atoms with Crippen LogP contribution in [-0.2, 0) is 16.0 Å². The molecule has 0 aliphatic heterocycles. The fraction of sp³-hybridized carbons (Fsp3) is 0.0606. The van der Waals surface area contributed by atoms with E-state index in [1.54, 1.807) is 17.0 Å². The van der Waals surface area contributed by atoms with Gasteiger partial charge in [0.2, 0.25) is 5.91 Å². The maximum Gasteiger partial charge on any atom is 0.326 e. The second kappa shape index (κ2) is 10.7. The molecule has 0 saturated heterocycles. The molecule has 0 aliphatic rings. The lowest BCUT2D eigenvalue weighted by Gasteiger charge is -2.12. The molecule has 40 heavy (non-hydrogen) atoms. The number of aliphatic carboxylic acids is 1. The zero-order valence-corrected chi connectivity index (χ0v) is 21.5. The summed E-state index contributed by atoms with van der Waals surface area (Å²) in [6, 6.07) is 30.6. The molecule has 7 heteroatoms. The topological polar surface area (TPSA) is 100 Å². The average Bonchev–Trinajstić information content (AvgIpc) is 3.60. The third kappa shape index (κ3) is 5.13. The molecule has 0 saturated carbocycles. The van der Waals surface area contributed by atoms with E-state index < -0.39 is 17.9 Å². The number of carboxylic acid groups (broad SMARTS) is 1. The van der Waals surface area contributed by atoms with Gasteiger partial charge < -0.3 is 15.4 Å². The van der Waals surface area contributed by atoms with Crippen LogP contribution in [0.1, 0.15) is 11.1 Å². The predicted molar refractivity (Wildman–Crippen MR) is 157 cm³/mol. The maximum atomic E-state index is 12.9. The number of fused-ring (bicyclic) bond motifs is 2. The summed E-state index contributed by atoms with van der Waals surface area (Å²) in [6.45, 7) is 0. The monoisotopic (exact) mass is 526 g/mol. The number of hydrogen-bond donors (Lipinski definition) is 3. The minimum absolute atomic E-state index is 0.160.